The fraction of sp³-hybridized carbons (Fsp3) is 0.409. The summed E-state index contributed by atoms with van der Waals surface area (Å²) in [4.78, 5) is 12.4. The summed E-state index contributed by atoms with van der Waals surface area (Å²) in [5.74, 6) is 1.80. The first kappa shape index (κ1) is 22.8. The number of methoxy groups -OCH3 is 1. The Morgan fingerprint density at radius 1 is 1.14 bits per heavy atom. The fourth-order valence-electron chi connectivity index (χ4n) is 2.80. The molecule has 0 heterocycles. The first-order valence-electron chi connectivity index (χ1n) is 9.67. The lowest BCUT2D eigenvalue weighted by Gasteiger charge is -2.18. The summed E-state index contributed by atoms with van der Waals surface area (Å²) in [5.41, 5.74) is 1.32. The van der Waals surface area contributed by atoms with Gasteiger partial charge in [0.1, 0.15) is 0 Å². The van der Waals surface area contributed by atoms with E-state index in [0.29, 0.717) is 34.7 Å². The van der Waals surface area contributed by atoms with Gasteiger partial charge < -0.3 is 25.2 Å². The number of hydrogen-bond acceptors (Lipinski definition) is 4. The van der Waals surface area contributed by atoms with Gasteiger partial charge in [0, 0.05) is 16.8 Å². The van der Waals surface area contributed by atoms with Gasteiger partial charge in [-0.3, -0.25) is 0 Å². The Kier molecular flexibility index (Phi) is 9.09. The lowest BCUT2D eigenvalue weighted by molar-refractivity contribution is 0.225. The number of rotatable bonds is 10. The highest BCUT2D eigenvalue weighted by atomic mass is 35.5. The number of benzene rings is 2. The monoisotopic (exact) mass is 420 g/mol. The molecular weight excluding hydrogens is 392 g/mol. The maximum Gasteiger partial charge on any atom is 0.319 e. The second-order valence-electron chi connectivity index (χ2n) is 7.14. The Morgan fingerprint density at radius 3 is 2.48 bits per heavy atom. The lowest BCUT2D eigenvalue weighted by atomic mass is 10.1. The molecule has 7 heteroatoms. The van der Waals surface area contributed by atoms with Crippen molar-refractivity contribution < 1.29 is 19.4 Å². The molecule has 0 aliphatic heterocycles. The normalized spacial score (nSPS) is 11.8. The van der Waals surface area contributed by atoms with E-state index in [1.54, 1.807) is 49.6 Å². The van der Waals surface area contributed by atoms with E-state index in [4.69, 9.17) is 21.1 Å². The molecule has 6 nitrogen and oxygen atoms in total. The van der Waals surface area contributed by atoms with Gasteiger partial charge in [-0.05, 0) is 48.6 Å². The summed E-state index contributed by atoms with van der Waals surface area (Å²) in [7, 11) is 1.58. The highest BCUT2D eigenvalue weighted by Gasteiger charge is 2.15. The molecule has 0 fully saturated rings. The van der Waals surface area contributed by atoms with Crippen molar-refractivity contribution in [3.05, 3.63) is 53.1 Å². The number of anilines is 1. The minimum Gasteiger partial charge on any atom is -0.493 e. The van der Waals surface area contributed by atoms with Crippen LogP contribution in [-0.2, 0) is 0 Å². The Balaban J connectivity index is 1.99. The van der Waals surface area contributed by atoms with Crippen LogP contribution in [0.1, 0.15) is 38.3 Å². The average molecular weight is 421 g/mol. The van der Waals surface area contributed by atoms with Crippen LogP contribution in [0.4, 0.5) is 10.5 Å². The van der Waals surface area contributed by atoms with Crippen molar-refractivity contribution in [2.45, 2.75) is 32.7 Å². The first-order valence-corrected chi connectivity index (χ1v) is 10.1. The molecule has 0 bridgehead atoms. The van der Waals surface area contributed by atoms with E-state index in [1.807, 2.05) is 0 Å². The summed E-state index contributed by atoms with van der Waals surface area (Å²) in [5, 5.41) is 15.7. The number of carbonyl (C=O) groups is 1. The average Bonchev–Trinajstić information content (AvgIpc) is 2.70. The van der Waals surface area contributed by atoms with E-state index in [1.165, 1.54) is 0 Å². The third kappa shape index (κ3) is 7.48. The van der Waals surface area contributed by atoms with Crippen molar-refractivity contribution in [2.24, 2.45) is 5.92 Å². The number of aliphatic hydroxyl groups excluding tert-OH is 1. The number of aliphatic hydroxyl groups is 1. The summed E-state index contributed by atoms with van der Waals surface area (Å²) >= 11 is 5.89. The molecule has 158 valence electrons. The van der Waals surface area contributed by atoms with Crippen molar-refractivity contribution in [1.29, 1.82) is 0 Å². The van der Waals surface area contributed by atoms with Gasteiger partial charge in [-0.25, -0.2) is 4.79 Å². The number of carbonyl (C=O) groups excluding carboxylic acids is 1. The Labute approximate surface area is 177 Å². The van der Waals surface area contributed by atoms with Crippen LogP contribution in [0.2, 0.25) is 5.02 Å². The van der Waals surface area contributed by atoms with Crippen molar-refractivity contribution in [3.8, 4) is 11.5 Å². The topological polar surface area (TPSA) is 79.8 Å². The molecule has 0 radical (unpaired) electrons. The van der Waals surface area contributed by atoms with E-state index >= 15 is 0 Å². The molecule has 2 amide bonds. The summed E-state index contributed by atoms with van der Waals surface area (Å²) in [6.45, 7) is 4.69. The molecule has 2 rings (SSSR count). The van der Waals surface area contributed by atoms with Crippen LogP contribution in [0.15, 0.2) is 42.5 Å². The summed E-state index contributed by atoms with van der Waals surface area (Å²) < 4.78 is 11.2. The van der Waals surface area contributed by atoms with Gasteiger partial charge in [0.25, 0.3) is 0 Å². The van der Waals surface area contributed by atoms with Crippen molar-refractivity contribution >= 4 is 23.3 Å². The molecule has 0 aliphatic carbocycles. The Bertz CT molecular complexity index is 781. The van der Waals surface area contributed by atoms with Crippen molar-refractivity contribution in [2.75, 3.05) is 25.6 Å². The van der Waals surface area contributed by atoms with Gasteiger partial charge in [-0.2, -0.15) is 0 Å². The van der Waals surface area contributed by atoms with Crippen molar-refractivity contribution in [1.82, 2.24) is 5.32 Å². The minimum absolute atomic E-state index is 0.234. The van der Waals surface area contributed by atoms with Crippen LogP contribution in [0.25, 0.3) is 0 Å². The van der Waals surface area contributed by atoms with Crippen LogP contribution in [0.3, 0.4) is 0 Å². The number of urea groups is 1. The zero-order valence-electron chi connectivity index (χ0n) is 17.1. The zero-order valence-corrected chi connectivity index (χ0v) is 17.8. The third-order valence-corrected chi connectivity index (χ3v) is 4.62. The van der Waals surface area contributed by atoms with Gasteiger partial charge in [-0.15, -0.1) is 0 Å². The molecule has 0 aromatic heterocycles. The Hall–Kier alpha value is -2.44. The molecule has 1 atom stereocenters. The maximum absolute atomic E-state index is 12.4. The lowest BCUT2D eigenvalue weighted by Crippen LogP contribution is -2.34. The standard InChI is InChI=1S/C22H29ClN2O4/c1-15(2)5-4-12-29-21-13-18(10-11-20(21)28-3)24-22(27)25-19(14-26)16-6-8-17(23)9-7-16/h6-11,13,15,19,26H,4-5,12,14H2,1-3H3,(H2,24,25,27). The second kappa shape index (κ2) is 11.5. The zero-order chi connectivity index (χ0) is 21.2. The molecule has 0 spiro atoms. The molecule has 2 aromatic rings. The van der Waals surface area contributed by atoms with Crippen LogP contribution in [0.5, 0.6) is 11.5 Å². The molecule has 29 heavy (non-hydrogen) atoms. The van der Waals surface area contributed by atoms with Crippen LogP contribution in [-0.4, -0.2) is 31.5 Å². The first-order chi connectivity index (χ1) is 13.9. The van der Waals surface area contributed by atoms with E-state index < -0.39 is 12.1 Å². The largest absolute Gasteiger partial charge is 0.493 e. The predicted octanol–water partition coefficient (Wildman–Crippen LogP) is 5.02. The van der Waals surface area contributed by atoms with E-state index in [-0.39, 0.29) is 6.61 Å². The van der Waals surface area contributed by atoms with Gasteiger partial charge in [0.05, 0.1) is 26.4 Å². The second-order valence-corrected chi connectivity index (χ2v) is 7.57. The fourth-order valence-corrected chi connectivity index (χ4v) is 2.92. The SMILES string of the molecule is COc1ccc(NC(=O)NC(CO)c2ccc(Cl)cc2)cc1OCCCC(C)C. The van der Waals surface area contributed by atoms with E-state index in [2.05, 4.69) is 24.5 Å². The number of hydrogen-bond donors (Lipinski definition) is 3. The number of halogens is 1. The highest BCUT2D eigenvalue weighted by molar-refractivity contribution is 6.30. The van der Waals surface area contributed by atoms with Gasteiger partial charge in [0.15, 0.2) is 11.5 Å². The molecule has 0 saturated heterocycles. The molecule has 0 saturated carbocycles. The summed E-state index contributed by atoms with van der Waals surface area (Å²) in [6.07, 6.45) is 2.02. The highest BCUT2D eigenvalue weighted by Crippen LogP contribution is 2.30. The summed E-state index contributed by atoms with van der Waals surface area (Å²) in [6, 6.07) is 11.2. The number of amides is 2. The quantitative estimate of drug-likeness (QED) is 0.471. The number of nitrogens with one attached hydrogen (secondary N) is 2. The molecule has 2 aromatic carbocycles. The Morgan fingerprint density at radius 2 is 1.86 bits per heavy atom. The van der Waals surface area contributed by atoms with E-state index in [9.17, 15) is 9.90 Å². The van der Waals surface area contributed by atoms with Crippen LogP contribution >= 0.6 is 11.6 Å². The van der Waals surface area contributed by atoms with Gasteiger partial charge in [0.2, 0.25) is 0 Å². The van der Waals surface area contributed by atoms with E-state index in [0.717, 1.165) is 18.4 Å². The molecule has 0 aliphatic rings. The maximum atomic E-state index is 12.4. The minimum atomic E-state index is -0.544. The third-order valence-electron chi connectivity index (χ3n) is 4.37. The predicted molar refractivity (Wildman–Crippen MR) is 116 cm³/mol. The van der Waals surface area contributed by atoms with Crippen LogP contribution in [0, 0.1) is 5.92 Å². The van der Waals surface area contributed by atoms with Crippen molar-refractivity contribution in [3.63, 3.8) is 0 Å². The number of ether oxygens (including phenoxy) is 2. The molecule has 1 unspecified atom stereocenters. The van der Waals surface area contributed by atoms with Gasteiger partial charge >= 0.3 is 6.03 Å². The van der Waals surface area contributed by atoms with Crippen LogP contribution < -0.4 is 20.1 Å². The van der Waals surface area contributed by atoms with Gasteiger partial charge in [-0.1, -0.05) is 37.6 Å². The molecular formula is C22H29ClN2O4. The smallest absolute Gasteiger partial charge is 0.319 e. The molecule has 3 N–H and O–H groups in total.